The number of halogens is 3. The van der Waals surface area contributed by atoms with Crippen LogP contribution in [0.15, 0.2) is 28.9 Å². The van der Waals surface area contributed by atoms with Gasteiger partial charge in [0, 0.05) is 48.3 Å². The zero-order chi connectivity index (χ0) is 16.4. The Morgan fingerprint density at radius 2 is 1.87 bits per heavy atom. The lowest BCUT2D eigenvalue weighted by Crippen LogP contribution is -2.48. The minimum absolute atomic E-state index is 0.0372. The van der Waals surface area contributed by atoms with Crippen molar-refractivity contribution in [2.75, 3.05) is 26.2 Å². The number of aromatic nitrogens is 2. The number of hydrogen-bond donors (Lipinski definition) is 1. The van der Waals surface area contributed by atoms with Crippen LogP contribution in [0.3, 0.4) is 0 Å². The van der Waals surface area contributed by atoms with Crippen LogP contribution in [0.5, 0.6) is 0 Å². The van der Waals surface area contributed by atoms with E-state index in [4.69, 9.17) is 23.2 Å². The fourth-order valence-electron chi connectivity index (χ4n) is 2.60. The molecule has 8 heteroatoms. The zero-order valence-electron chi connectivity index (χ0n) is 12.2. The lowest BCUT2D eigenvalue weighted by Gasteiger charge is -2.34. The average molecular weight is 418 g/mol. The summed E-state index contributed by atoms with van der Waals surface area (Å²) in [6.07, 6.45) is 1.59. The molecular weight excluding hydrogens is 403 g/mol. The van der Waals surface area contributed by atoms with E-state index in [1.54, 1.807) is 6.20 Å². The number of piperazine rings is 1. The van der Waals surface area contributed by atoms with Crippen LogP contribution in [-0.2, 0) is 6.54 Å². The standard InChI is InChI=1S/C15H15BrCl2N4O/c16-11-8-19-20-14(11)15(23)22-6-4-21(5-7-22)9-10-12(17)2-1-3-13(10)18/h1-3,8H,4-7,9H2,(H,19,20). The highest BCUT2D eigenvalue weighted by molar-refractivity contribution is 9.10. The van der Waals surface area contributed by atoms with E-state index in [0.29, 0.717) is 39.8 Å². The number of benzene rings is 1. The number of hydrogen-bond acceptors (Lipinski definition) is 3. The summed E-state index contributed by atoms with van der Waals surface area (Å²) in [7, 11) is 0. The average Bonchev–Trinajstić information content (AvgIpc) is 2.97. The van der Waals surface area contributed by atoms with Gasteiger partial charge in [-0.25, -0.2) is 0 Å². The van der Waals surface area contributed by atoms with Crippen molar-refractivity contribution in [3.05, 3.63) is 50.2 Å². The number of aromatic amines is 1. The molecule has 1 N–H and O–H groups in total. The van der Waals surface area contributed by atoms with Crippen molar-refractivity contribution < 1.29 is 4.79 Å². The molecule has 1 aromatic heterocycles. The molecule has 1 fully saturated rings. The molecule has 0 aliphatic carbocycles. The Balaban J connectivity index is 1.61. The van der Waals surface area contributed by atoms with Gasteiger partial charge in [0.25, 0.3) is 5.91 Å². The monoisotopic (exact) mass is 416 g/mol. The van der Waals surface area contributed by atoms with Crippen molar-refractivity contribution in [2.45, 2.75) is 6.54 Å². The van der Waals surface area contributed by atoms with E-state index in [9.17, 15) is 4.79 Å². The molecule has 0 atom stereocenters. The predicted molar refractivity (Wildman–Crippen MR) is 93.9 cm³/mol. The summed E-state index contributed by atoms with van der Waals surface area (Å²) < 4.78 is 0.688. The molecule has 0 radical (unpaired) electrons. The maximum Gasteiger partial charge on any atom is 0.273 e. The van der Waals surface area contributed by atoms with Gasteiger partial charge in [-0.2, -0.15) is 5.10 Å². The lowest BCUT2D eigenvalue weighted by atomic mass is 10.2. The van der Waals surface area contributed by atoms with Crippen molar-refractivity contribution in [1.29, 1.82) is 0 Å². The Bertz CT molecular complexity index is 693. The van der Waals surface area contributed by atoms with Crippen molar-refractivity contribution in [2.24, 2.45) is 0 Å². The van der Waals surface area contributed by atoms with E-state index in [1.807, 2.05) is 23.1 Å². The Morgan fingerprint density at radius 1 is 1.22 bits per heavy atom. The van der Waals surface area contributed by atoms with E-state index in [1.165, 1.54) is 0 Å². The molecule has 1 saturated heterocycles. The van der Waals surface area contributed by atoms with Crippen molar-refractivity contribution in [3.8, 4) is 0 Å². The van der Waals surface area contributed by atoms with Crippen LogP contribution in [-0.4, -0.2) is 52.1 Å². The van der Waals surface area contributed by atoms with E-state index in [0.717, 1.165) is 18.7 Å². The lowest BCUT2D eigenvalue weighted by molar-refractivity contribution is 0.0622. The second-order valence-electron chi connectivity index (χ2n) is 5.36. The van der Waals surface area contributed by atoms with E-state index < -0.39 is 0 Å². The molecule has 0 unspecified atom stereocenters. The van der Waals surface area contributed by atoms with Gasteiger partial charge in [0.15, 0.2) is 0 Å². The van der Waals surface area contributed by atoms with Crippen molar-refractivity contribution in [1.82, 2.24) is 20.0 Å². The first-order valence-electron chi connectivity index (χ1n) is 7.19. The van der Waals surface area contributed by atoms with E-state index >= 15 is 0 Å². The zero-order valence-corrected chi connectivity index (χ0v) is 15.3. The smallest absolute Gasteiger partial charge is 0.273 e. The number of rotatable bonds is 3. The Kier molecular flexibility index (Phi) is 5.26. The molecule has 5 nitrogen and oxygen atoms in total. The highest BCUT2D eigenvalue weighted by atomic mass is 79.9. The molecule has 1 aliphatic rings. The molecule has 0 bridgehead atoms. The van der Waals surface area contributed by atoms with Crippen LogP contribution in [0.25, 0.3) is 0 Å². The van der Waals surface area contributed by atoms with Crippen LogP contribution in [0.1, 0.15) is 16.1 Å². The highest BCUT2D eigenvalue weighted by Crippen LogP contribution is 2.26. The number of carbonyl (C=O) groups is 1. The molecule has 2 aromatic rings. The Morgan fingerprint density at radius 3 is 2.43 bits per heavy atom. The van der Waals surface area contributed by atoms with Gasteiger partial charge >= 0.3 is 0 Å². The number of nitrogens with zero attached hydrogens (tertiary/aromatic N) is 3. The number of nitrogens with one attached hydrogen (secondary N) is 1. The first-order chi connectivity index (χ1) is 11.1. The van der Waals surface area contributed by atoms with Crippen molar-refractivity contribution >= 4 is 45.0 Å². The molecule has 3 rings (SSSR count). The van der Waals surface area contributed by atoms with Gasteiger partial charge in [-0.3, -0.25) is 14.8 Å². The third-order valence-electron chi connectivity index (χ3n) is 3.91. The summed E-state index contributed by atoms with van der Waals surface area (Å²) in [4.78, 5) is 16.5. The van der Waals surface area contributed by atoms with Gasteiger partial charge in [-0.05, 0) is 28.1 Å². The van der Waals surface area contributed by atoms with Crippen LogP contribution < -0.4 is 0 Å². The summed E-state index contributed by atoms with van der Waals surface area (Å²) in [5.74, 6) is -0.0372. The SMILES string of the molecule is O=C(c1[nH]ncc1Br)N1CCN(Cc2c(Cl)cccc2Cl)CC1. The van der Waals surface area contributed by atoms with Crippen molar-refractivity contribution in [3.63, 3.8) is 0 Å². The Labute approximate surface area is 152 Å². The number of amides is 1. The Hall–Kier alpha value is -1.08. The minimum Gasteiger partial charge on any atom is -0.335 e. The molecule has 1 aliphatic heterocycles. The molecule has 0 spiro atoms. The molecule has 1 amide bonds. The first-order valence-corrected chi connectivity index (χ1v) is 8.74. The maximum absolute atomic E-state index is 12.4. The quantitative estimate of drug-likeness (QED) is 0.832. The first kappa shape index (κ1) is 16.8. The highest BCUT2D eigenvalue weighted by Gasteiger charge is 2.25. The number of H-pyrrole nitrogens is 1. The molecule has 122 valence electrons. The molecular formula is C15H15BrCl2N4O. The second-order valence-corrected chi connectivity index (χ2v) is 7.03. The summed E-state index contributed by atoms with van der Waals surface area (Å²) in [5, 5.41) is 7.96. The topological polar surface area (TPSA) is 52.2 Å². The molecule has 23 heavy (non-hydrogen) atoms. The normalized spacial score (nSPS) is 15.9. The molecule has 2 heterocycles. The van der Waals surface area contributed by atoms with Crippen LogP contribution in [0, 0.1) is 0 Å². The van der Waals surface area contributed by atoms with Crippen LogP contribution in [0.4, 0.5) is 0 Å². The third kappa shape index (κ3) is 3.71. The van der Waals surface area contributed by atoms with Gasteiger partial charge in [0.1, 0.15) is 5.69 Å². The summed E-state index contributed by atoms with van der Waals surface area (Å²) in [6.45, 7) is 3.56. The third-order valence-corrected chi connectivity index (χ3v) is 5.22. The summed E-state index contributed by atoms with van der Waals surface area (Å²) in [6, 6.07) is 5.53. The van der Waals surface area contributed by atoms with Gasteiger partial charge in [0.05, 0.1) is 10.7 Å². The summed E-state index contributed by atoms with van der Waals surface area (Å²) >= 11 is 15.8. The van der Waals surface area contributed by atoms with Gasteiger partial charge in [-0.15, -0.1) is 0 Å². The number of carbonyl (C=O) groups excluding carboxylic acids is 1. The van der Waals surface area contributed by atoms with E-state index in [2.05, 4.69) is 31.0 Å². The largest absolute Gasteiger partial charge is 0.335 e. The fraction of sp³-hybridized carbons (Fsp3) is 0.333. The van der Waals surface area contributed by atoms with Crippen LogP contribution >= 0.6 is 39.1 Å². The minimum atomic E-state index is -0.0372. The molecule has 1 aromatic carbocycles. The van der Waals surface area contributed by atoms with Crippen LogP contribution in [0.2, 0.25) is 10.0 Å². The van der Waals surface area contributed by atoms with E-state index in [-0.39, 0.29) is 5.91 Å². The van der Waals surface area contributed by atoms with Gasteiger partial charge in [-0.1, -0.05) is 29.3 Å². The summed E-state index contributed by atoms with van der Waals surface area (Å²) in [5.41, 5.74) is 1.43. The fourth-order valence-corrected chi connectivity index (χ4v) is 3.47. The maximum atomic E-state index is 12.4. The second kappa shape index (κ2) is 7.21. The molecule has 0 saturated carbocycles. The predicted octanol–water partition coefficient (Wildman–Crippen LogP) is 3.44. The van der Waals surface area contributed by atoms with Gasteiger partial charge < -0.3 is 4.90 Å². The van der Waals surface area contributed by atoms with Gasteiger partial charge in [0.2, 0.25) is 0 Å².